The van der Waals surface area contributed by atoms with E-state index in [0.717, 1.165) is 0 Å². The molecule has 2 rings (SSSR count). The second-order valence-corrected chi connectivity index (χ2v) is 3.80. The molecule has 1 unspecified atom stereocenters. The van der Waals surface area contributed by atoms with Crippen LogP contribution in [0.4, 0.5) is 8.78 Å². The molecule has 0 spiro atoms. The van der Waals surface area contributed by atoms with Crippen molar-refractivity contribution in [2.75, 3.05) is 13.2 Å². The molecule has 1 aromatic rings. The first-order chi connectivity index (χ1) is 8.18. The molecular weight excluding hydrogens is 230 g/mol. The highest BCUT2D eigenvalue weighted by molar-refractivity contribution is 6.00. The number of alkyl halides is 2. The molecular formula is C12H12F2O3. The van der Waals surface area contributed by atoms with Crippen molar-refractivity contribution in [3.63, 3.8) is 0 Å². The van der Waals surface area contributed by atoms with Gasteiger partial charge in [-0.1, -0.05) is 12.1 Å². The Kier molecular flexibility index (Phi) is 3.68. The van der Waals surface area contributed by atoms with E-state index in [1.54, 1.807) is 12.1 Å². The molecule has 1 fully saturated rings. The van der Waals surface area contributed by atoms with Gasteiger partial charge in [-0.3, -0.25) is 4.79 Å². The van der Waals surface area contributed by atoms with E-state index in [0.29, 0.717) is 19.6 Å². The molecule has 0 bridgehead atoms. The molecule has 0 aromatic heterocycles. The summed E-state index contributed by atoms with van der Waals surface area (Å²) in [5.74, 6) is -0.518. The molecule has 1 atom stereocenters. The molecule has 17 heavy (non-hydrogen) atoms. The van der Waals surface area contributed by atoms with E-state index in [2.05, 4.69) is 4.74 Å². The van der Waals surface area contributed by atoms with Crippen LogP contribution in [0.2, 0.25) is 0 Å². The normalized spacial score (nSPS) is 19.6. The van der Waals surface area contributed by atoms with Crippen molar-refractivity contribution in [1.29, 1.82) is 0 Å². The maximum absolute atomic E-state index is 12.2. The Morgan fingerprint density at radius 1 is 1.41 bits per heavy atom. The second kappa shape index (κ2) is 5.23. The summed E-state index contributed by atoms with van der Waals surface area (Å²) in [6, 6.07) is 6.05. The van der Waals surface area contributed by atoms with E-state index >= 15 is 0 Å². The Bertz CT molecular complexity index is 400. The predicted molar refractivity (Wildman–Crippen MR) is 56.3 cm³/mol. The van der Waals surface area contributed by atoms with Crippen LogP contribution in [0, 0.1) is 5.92 Å². The number of carbonyl (C=O) groups is 1. The third-order valence-electron chi connectivity index (χ3n) is 2.67. The van der Waals surface area contributed by atoms with Crippen LogP contribution < -0.4 is 4.74 Å². The topological polar surface area (TPSA) is 35.5 Å². The van der Waals surface area contributed by atoms with Crippen molar-refractivity contribution in [3.05, 3.63) is 29.8 Å². The molecule has 0 N–H and O–H groups in total. The smallest absolute Gasteiger partial charge is 0.387 e. The van der Waals surface area contributed by atoms with Gasteiger partial charge in [-0.05, 0) is 18.6 Å². The van der Waals surface area contributed by atoms with Gasteiger partial charge in [-0.2, -0.15) is 8.78 Å². The van der Waals surface area contributed by atoms with Crippen molar-refractivity contribution < 1.29 is 23.0 Å². The molecule has 1 aromatic carbocycles. The number of hydrogen-bond donors (Lipinski definition) is 0. The van der Waals surface area contributed by atoms with Crippen LogP contribution in [0.1, 0.15) is 16.8 Å². The molecule has 0 amide bonds. The van der Waals surface area contributed by atoms with Gasteiger partial charge in [0.25, 0.3) is 0 Å². The summed E-state index contributed by atoms with van der Waals surface area (Å²) in [4.78, 5) is 12.0. The molecule has 5 heteroatoms. The van der Waals surface area contributed by atoms with Crippen molar-refractivity contribution in [2.24, 2.45) is 5.92 Å². The Balaban J connectivity index is 2.21. The van der Waals surface area contributed by atoms with E-state index in [1.165, 1.54) is 12.1 Å². The van der Waals surface area contributed by atoms with E-state index in [1.807, 2.05) is 0 Å². The van der Waals surface area contributed by atoms with Crippen molar-refractivity contribution >= 4 is 5.78 Å². The molecule has 1 aliphatic heterocycles. The molecule has 0 saturated carbocycles. The van der Waals surface area contributed by atoms with Gasteiger partial charge < -0.3 is 9.47 Å². The Labute approximate surface area is 97.3 Å². The van der Waals surface area contributed by atoms with Crippen LogP contribution >= 0.6 is 0 Å². The van der Waals surface area contributed by atoms with Gasteiger partial charge in [0.2, 0.25) is 0 Å². The Morgan fingerprint density at radius 2 is 2.18 bits per heavy atom. The minimum atomic E-state index is -2.93. The number of hydrogen-bond acceptors (Lipinski definition) is 3. The lowest BCUT2D eigenvalue weighted by Crippen LogP contribution is -2.16. The molecule has 1 saturated heterocycles. The van der Waals surface area contributed by atoms with Gasteiger partial charge in [0, 0.05) is 12.5 Å². The molecule has 1 heterocycles. The van der Waals surface area contributed by atoms with Crippen molar-refractivity contribution in [2.45, 2.75) is 13.0 Å². The summed E-state index contributed by atoms with van der Waals surface area (Å²) in [5, 5.41) is 0. The standard InChI is InChI=1S/C12H12F2O3/c13-12(14)17-10-4-2-1-3-9(10)11(15)8-5-6-16-7-8/h1-4,8,12H,5-7H2. The summed E-state index contributed by atoms with van der Waals surface area (Å²) in [5.41, 5.74) is 0.198. The number of rotatable bonds is 4. The highest BCUT2D eigenvalue weighted by Gasteiger charge is 2.27. The Hall–Kier alpha value is -1.49. The summed E-state index contributed by atoms with van der Waals surface area (Å²) < 4.78 is 33.8. The van der Waals surface area contributed by atoms with Crippen molar-refractivity contribution in [3.8, 4) is 5.75 Å². The van der Waals surface area contributed by atoms with Crippen LogP contribution in [-0.2, 0) is 4.74 Å². The fraction of sp³-hybridized carbons (Fsp3) is 0.417. The monoisotopic (exact) mass is 242 g/mol. The zero-order valence-electron chi connectivity index (χ0n) is 9.07. The van der Waals surface area contributed by atoms with E-state index < -0.39 is 6.61 Å². The lowest BCUT2D eigenvalue weighted by atomic mass is 9.96. The van der Waals surface area contributed by atoms with E-state index in [4.69, 9.17) is 4.74 Å². The first-order valence-corrected chi connectivity index (χ1v) is 5.34. The maximum Gasteiger partial charge on any atom is 0.387 e. The zero-order chi connectivity index (χ0) is 12.3. The van der Waals surface area contributed by atoms with Gasteiger partial charge >= 0.3 is 6.61 Å². The Morgan fingerprint density at radius 3 is 2.82 bits per heavy atom. The van der Waals surface area contributed by atoms with Crippen LogP contribution in [0.15, 0.2) is 24.3 Å². The number of ketones is 1. The summed E-state index contributed by atoms with van der Waals surface area (Å²) in [6.07, 6.45) is 0.627. The van der Waals surface area contributed by atoms with Crippen LogP contribution in [0.25, 0.3) is 0 Å². The number of halogens is 2. The summed E-state index contributed by atoms with van der Waals surface area (Å²) in [7, 11) is 0. The average Bonchev–Trinajstić information content (AvgIpc) is 2.81. The van der Waals surface area contributed by atoms with Gasteiger partial charge in [0.15, 0.2) is 5.78 Å². The van der Waals surface area contributed by atoms with E-state index in [9.17, 15) is 13.6 Å². The SMILES string of the molecule is O=C(c1ccccc1OC(F)F)C1CCOC1. The number of carbonyl (C=O) groups excluding carboxylic acids is 1. The summed E-state index contributed by atoms with van der Waals surface area (Å²) in [6.45, 7) is -2.04. The van der Waals surface area contributed by atoms with Crippen LogP contribution in [0.3, 0.4) is 0 Å². The predicted octanol–water partition coefficient (Wildman–Crippen LogP) is 2.51. The summed E-state index contributed by atoms with van der Waals surface area (Å²) >= 11 is 0. The van der Waals surface area contributed by atoms with Gasteiger partial charge in [-0.15, -0.1) is 0 Å². The largest absolute Gasteiger partial charge is 0.434 e. The third kappa shape index (κ3) is 2.79. The van der Waals surface area contributed by atoms with Crippen LogP contribution in [-0.4, -0.2) is 25.6 Å². The van der Waals surface area contributed by atoms with Gasteiger partial charge in [0.1, 0.15) is 5.75 Å². The number of benzene rings is 1. The van der Waals surface area contributed by atoms with E-state index in [-0.39, 0.29) is 23.0 Å². The van der Waals surface area contributed by atoms with Crippen molar-refractivity contribution in [1.82, 2.24) is 0 Å². The lowest BCUT2D eigenvalue weighted by molar-refractivity contribution is -0.0501. The highest BCUT2D eigenvalue weighted by atomic mass is 19.3. The lowest BCUT2D eigenvalue weighted by Gasteiger charge is -2.12. The molecule has 0 aliphatic carbocycles. The maximum atomic E-state index is 12.2. The first kappa shape index (κ1) is 12.0. The first-order valence-electron chi connectivity index (χ1n) is 5.34. The minimum absolute atomic E-state index is 0.0700. The van der Waals surface area contributed by atoms with Gasteiger partial charge in [0.05, 0.1) is 12.2 Å². The minimum Gasteiger partial charge on any atom is -0.434 e. The molecule has 0 radical (unpaired) electrons. The fourth-order valence-corrected chi connectivity index (χ4v) is 1.83. The molecule has 3 nitrogen and oxygen atoms in total. The number of para-hydroxylation sites is 1. The number of ether oxygens (including phenoxy) is 2. The fourth-order valence-electron chi connectivity index (χ4n) is 1.83. The molecule has 1 aliphatic rings. The number of Topliss-reactive ketones (excluding diaryl/α,β-unsaturated/α-hetero) is 1. The quantitative estimate of drug-likeness (QED) is 0.761. The zero-order valence-corrected chi connectivity index (χ0v) is 9.07. The van der Waals surface area contributed by atoms with Crippen LogP contribution in [0.5, 0.6) is 5.75 Å². The third-order valence-corrected chi connectivity index (χ3v) is 2.67. The van der Waals surface area contributed by atoms with Gasteiger partial charge in [-0.25, -0.2) is 0 Å². The highest BCUT2D eigenvalue weighted by Crippen LogP contribution is 2.26. The molecule has 92 valence electrons. The average molecular weight is 242 g/mol. The second-order valence-electron chi connectivity index (χ2n) is 3.80.